The Kier molecular flexibility index (Phi) is 5.80. The molecule has 1 aromatic heterocycles. The molecule has 0 saturated heterocycles. The summed E-state index contributed by atoms with van der Waals surface area (Å²) in [6.07, 6.45) is -0.143. The molecule has 0 aliphatic heterocycles. The van der Waals surface area contributed by atoms with Crippen LogP contribution in [0.15, 0.2) is 30.3 Å². The van der Waals surface area contributed by atoms with Crippen molar-refractivity contribution in [1.82, 2.24) is 15.3 Å². The molecule has 0 radical (unpaired) electrons. The highest BCUT2D eigenvalue weighted by Crippen LogP contribution is 2.23. The summed E-state index contributed by atoms with van der Waals surface area (Å²) in [7, 11) is 3.05. The van der Waals surface area contributed by atoms with E-state index in [-0.39, 0.29) is 5.54 Å². The maximum atomic E-state index is 12.0. The zero-order valence-corrected chi connectivity index (χ0v) is 15.1. The lowest BCUT2D eigenvalue weighted by atomic mass is 10.1. The Morgan fingerprint density at radius 2 is 1.68 bits per heavy atom. The summed E-state index contributed by atoms with van der Waals surface area (Å²) in [5, 5.41) is 2.76. The van der Waals surface area contributed by atoms with Crippen LogP contribution in [0.1, 0.15) is 32.2 Å². The second-order valence-electron chi connectivity index (χ2n) is 6.42. The highest BCUT2D eigenvalue weighted by Gasteiger charge is 2.17. The summed E-state index contributed by atoms with van der Waals surface area (Å²) in [5.41, 5.74) is 0.400. The van der Waals surface area contributed by atoms with Crippen molar-refractivity contribution in [3.05, 3.63) is 41.7 Å². The number of carbonyl (C=O) groups is 1. The number of hydrogen-bond acceptors (Lipinski definition) is 6. The smallest absolute Gasteiger partial charge is 0.413 e. The van der Waals surface area contributed by atoms with Gasteiger partial charge in [0.2, 0.25) is 11.8 Å². The van der Waals surface area contributed by atoms with Crippen LogP contribution >= 0.6 is 0 Å². The van der Waals surface area contributed by atoms with E-state index in [1.807, 2.05) is 32.9 Å². The van der Waals surface area contributed by atoms with Crippen LogP contribution in [-0.4, -0.2) is 35.8 Å². The average Bonchev–Trinajstić information content (AvgIpc) is 2.54. The number of hydrogen-bond donors (Lipinski definition) is 1. The highest BCUT2D eigenvalue weighted by atomic mass is 16.6. The second kappa shape index (κ2) is 7.83. The SMILES string of the molecule is COc1cc(OC)nc(Cc2ccccc2OC(=O)NC(C)(C)C)n1. The number of nitrogens with one attached hydrogen (secondary N) is 1. The molecule has 2 rings (SSSR count). The standard InChI is InChI=1S/C18H23N3O4/c1-18(2,3)21-17(22)25-13-9-7-6-8-12(13)10-14-19-15(23-4)11-16(20-14)24-5/h6-9,11H,10H2,1-5H3,(H,21,22). The number of nitrogens with zero attached hydrogens (tertiary/aromatic N) is 2. The van der Waals surface area contributed by atoms with Gasteiger partial charge in [-0.1, -0.05) is 18.2 Å². The number of methoxy groups -OCH3 is 2. The van der Waals surface area contributed by atoms with Crippen LogP contribution in [-0.2, 0) is 6.42 Å². The lowest BCUT2D eigenvalue weighted by Crippen LogP contribution is -2.42. The molecule has 0 unspecified atom stereocenters. The molecule has 7 heteroatoms. The third-order valence-corrected chi connectivity index (χ3v) is 3.14. The van der Waals surface area contributed by atoms with Gasteiger partial charge in [-0.2, -0.15) is 9.97 Å². The number of benzene rings is 1. The summed E-state index contributed by atoms with van der Waals surface area (Å²) in [5.74, 6) is 1.77. The number of ether oxygens (including phenoxy) is 3. The van der Waals surface area contributed by atoms with Gasteiger partial charge < -0.3 is 19.5 Å². The fraction of sp³-hybridized carbons (Fsp3) is 0.389. The Hall–Kier alpha value is -2.83. The van der Waals surface area contributed by atoms with Gasteiger partial charge in [0.15, 0.2) is 0 Å². The van der Waals surface area contributed by atoms with Crippen molar-refractivity contribution in [1.29, 1.82) is 0 Å². The van der Waals surface area contributed by atoms with Crippen molar-refractivity contribution in [3.8, 4) is 17.5 Å². The van der Waals surface area contributed by atoms with Crippen molar-refractivity contribution in [2.24, 2.45) is 0 Å². The zero-order chi connectivity index (χ0) is 18.4. The van der Waals surface area contributed by atoms with E-state index in [1.165, 1.54) is 14.2 Å². The van der Waals surface area contributed by atoms with Crippen LogP contribution in [0.25, 0.3) is 0 Å². The minimum Gasteiger partial charge on any atom is -0.481 e. The third-order valence-electron chi connectivity index (χ3n) is 3.14. The van der Waals surface area contributed by atoms with Crippen LogP contribution in [0.2, 0.25) is 0 Å². The summed E-state index contributed by atoms with van der Waals surface area (Å²) in [4.78, 5) is 20.6. The van der Waals surface area contributed by atoms with Crippen LogP contribution in [0.4, 0.5) is 4.79 Å². The maximum Gasteiger partial charge on any atom is 0.413 e. The number of aromatic nitrogens is 2. The van der Waals surface area contributed by atoms with Gasteiger partial charge in [-0.05, 0) is 26.8 Å². The fourth-order valence-electron chi connectivity index (χ4n) is 2.09. The van der Waals surface area contributed by atoms with Gasteiger partial charge in [0, 0.05) is 17.5 Å². The third kappa shape index (κ3) is 5.63. The monoisotopic (exact) mass is 345 g/mol. The first-order valence-electron chi connectivity index (χ1n) is 7.84. The van der Waals surface area contributed by atoms with Gasteiger partial charge in [-0.25, -0.2) is 4.79 Å². The molecule has 1 aromatic carbocycles. The fourth-order valence-corrected chi connectivity index (χ4v) is 2.09. The topological polar surface area (TPSA) is 82.6 Å². The van der Waals surface area contributed by atoms with E-state index in [9.17, 15) is 4.79 Å². The molecule has 0 fully saturated rings. The minimum atomic E-state index is -0.510. The molecule has 0 aliphatic carbocycles. The summed E-state index contributed by atoms with van der Waals surface area (Å²) in [6, 6.07) is 8.85. The maximum absolute atomic E-state index is 12.0. The molecule has 0 aliphatic rings. The Morgan fingerprint density at radius 3 is 2.24 bits per heavy atom. The van der Waals surface area contributed by atoms with E-state index in [0.29, 0.717) is 29.8 Å². The first kappa shape index (κ1) is 18.5. The molecule has 1 amide bonds. The molecular formula is C18H23N3O4. The highest BCUT2D eigenvalue weighted by molar-refractivity contribution is 5.71. The molecule has 1 heterocycles. The molecule has 7 nitrogen and oxygen atoms in total. The summed E-state index contributed by atoms with van der Waals surface area (Å²) in [6.45, 7) is 5.66. The predicted octanol–water partition coefficient (Wildman–Crippen LogP) is 2.97. The predicted molar refractivity (Wildman–Crippen MR) is 93.3 cm³/mol. The molecule has 1 N–H and O–H groups in total. The van der Waals surface area contributed by atoms with Crippen LogP contribution < -0.4 is 19.5 Å². The average molecular weight is 345 g/mol. The molecule has 25 heavy (non-hydrogen) atoms. The van der Waals surface area contributed by atoms with Crippen molar-refractivity contribution in [2.45, 2.75) is 32.7 Å². The first-order chi connectivity index (χ1) is 11.8. The molecule has 0 spiro atoms. The molecule has 2 aromatic rings. The normalized spacial score (nSPS) is 10.9. The Morgan fingerprint density at radius 1 is 1.08 bits per heavy atom. The van der Waals surface area contributed by atoms with Crippen LogP contribution in [0, 0.1) is 0 Å². The zero-order valence-electron chi connectivity index (χ0n) is 15.1. The minimum absolute atomic E-state index is 0.368. The molecular weight excluding hydrogens is 322 g/mol. The number of para-hydroxylation sites is 1. The largest absolute Gasteiger partial charge is 0.481 e. The van der Waals surface area contributed by atoms with Crippen molar-refractivity contribution in [3.63, 3.8) is 0 Å². The summed E-state index contributed by atoms with van der Waals surface area (Å²) >= 11 is 0. The quantitative estimate of drug-likeness (QED) is 0.897. The first-order valence-corrected chi connectivity index (χ1v) is 7.84. The Labute approximate surface area is 147 Å². The van der Waals surface area contributed by atoms with Gasteiger partial charge in [0.1, 0.15) is 11.6 Å². The lowest BCUT2D eigenvalue weighted by Gasteiger charge is -2.20. The van der Waals surface area contributed by atoms with Gasteiger partial charge in [0.05, 0.1) is 20.3 Å². The van der Waals surface area contributed by atoms with E-state index in [0.717, 1.165) is 5.56 Å². The van der Waals surface area contributed by atoms with E-state index >= 15 is 0 Å². The van der Waals surface area contributed by atoms with Crippen LogP contribution in [0.5, 0.6) is 17.5 Å². The lowest BCUT2D eigenvalue weighted by molar-refractivity contribution is 0.190. The van der Waals surface area contributed by atoms with Crippen molar-refractivity contribution in [2.75, 3.05) is 14.2 Å². The molecule has 134 valence electrons. The summed E-state index contributed by atoms with van der Waals surface area (Å²) < 4.78 is 15.8. The van der Waals surface area contributed by atoms with Gasteiger partial charge >= 0.3 is 6.09 Å². The van der Waals surface area contributed by atoms with Crippen molar-refractivity contribution < 1.29 is 19.0 Å². The van der Waals surface area contributed by atoms with Gasteiger partial charge in [-0.3, -0.25) is 0 Å². The Balaban J connectivity index is 2.22. The van der Waals surface area contributed by atoms with E-state index in [4.69, 9.17) is 14.2 Å². The van der Waals surface area contributed by atoms with Gasteiger partial charge in [-0.15, -0.1) is 0 Å². The van der Waals surface area contributed by atoms with E-state index in [1.54, 1.807) is 18.2 Å². The Bertz CT molecular complexity index is 719. The van der Waals surface area contributed by atoms with Crippen molar-refractivity contribution >= 4 is 6.09 Å². The van der Waals surface area contributed by atoms with E-state index < -0.39 is 6.09 Å². The molecule has 0 saturated carbocycles. The number of carbonyl (C=O) groups excluding carboxylic acids is 1. The molecule has 0 atom stereocenters. The van der Waals surface area contributed by atoms with E-state index in [2.05, 4.69) is 15.3 Å². The molecule has 0 bridgehead atoms. The van der Waals surface area contributed by atoms with Crippen LogP contribution in [0.3, 0.4) is 0 Å². The van der Waals surface area contributed by atoms with Gasteiger partial charge in [0.25, 0.3) is 0 Å². The number of rotatable bonds is 5. The second-order valence-corrected chi connectivity index (χ2v) is 6.42. The number of amides is 1.